The number of hydrogen-bond donors (Lipinski definition) is 0. The van der Waals surface area contributed by atoms with E-state index in [4.69, 9.17) is 0 Å². The summed E-state index contributed by atoms with van der Waals surface area (Å²) in [7, 11) is 0. The molecule has 0 spiro atoms. The maximum Gasteiger partial charge on any atom is 0.387 e. The maximum atomic E-state index is 15.2. The Bertz CT molecular complexity index is 1310. The molecule has 0 bridgehead atoms. The van der Waals surface area contributed by atoms with Crippen molar-refractivity contribution in [2.45, 2.75) is 90.6 Å². The van der Waals surface area contributed by atoms with Crippen LogP contribution < -0.4 is 4.74 Å². The summed E-state index contributed by atoms with van der Waals surface area (Å²) >= 11 is 0. The zero-order valence-corrected chi connectivity index (χ0v) is 23.1. The van der Waals surface area contributed by atoms with E-state index < -0.39 is 29.8 Å². The minimum absolute atomic E-state index is 0.0797. The molecule has 1 saturated carbocycles. The molecule has 0 heterocycles. The van der Waals surface area contributed by atoms with E-state index >= 15 is 4.39 Å². The lowest BCUT2D eigenvalue weighted by Gasteiger charge is -2.28. The van der Waals surface area contributed by atoms with Crippen molar-refractivity contribution in [2.24, 2.45) is 11.8 Å². The van der Waals surface area contributed by atoms with Crippen molar-refractivity contribution >= 4 is 10.8 Å². The van der Waals surface area contributed by atoms with Crippen LogP contribution >= 0.6 is 0 Å². The van der Waals surface area contributed by atoms with Gasteiger partial charge >= 0.3 is 6.61 Å². The van der Waals surface area contributed by atoms with Crippen LogP contribution in [-0.2, 0) is 6.42 Å². The van der Waals surface area contributed by atoms with Crippen LogP contribution in [0.4, 0.5) is 22.0 Å². The Labute approximate surface area is 234 Å². The molecular weight excluding hydrogens is 519 g/mol. The van der Waals surface area contributed by atoms with Crippen molar-refractivity contribution in [3.63, 3.8) is 0 Å². The van der Waals surface area contributed by atoms with Gasteiger partial charge in [-0.3, -0.25) is 0 Å². The summed E-state index contributed by atoms with van der Waals surface area (Å²) in [5.41, 5.74) is 1.14. The smallest absolute Gasteiger partial charge is 0.387 e. The van der Waals surface area contributed by atoms with Crippen LogP contribution in [0.15, 0.2) is 42.5 Å². The van der Waals surface area contributed by atoms with Gasteiger partial charge in [0, 0.05) is 10.9 Å². The van der Waals surface area contributed by atoms with Crippen molar-refractivity contribution in [2.75, 3.05) is 0 Å². The van der Waals surface area contributed by atoms with Gasteiger partial charge in [0.15, 0.2) is 17.4 Å². The largest absolute Gasteiger partial charge is 0.429 e. The third-order valence-corrected chi connectivity index (χ3v) is 8.09. The summed E-state index contributed by atoms with van der Waals surface area (Å²) in [5, 5.41) is 1.20. The van der Waals surface area contributed by atoms with Crippen LogP contribution in [-0.4, -0.2) is 6.61 Å². The molecule has 40 heavy (non-hydrogen) atoms. The monoisotopic (exact) mass is 556 g/mol. The third kappa shape index (κ3) is 8.22. The third-order valence-electron chi connectivity index (χ3n) is 8.09. The zero-order chi connectivity index (χ0) is 28.5. The molecule has 0 unspecified atom stereocenters. The first-order valence-corrected chi connectivity index (χ1v) is 14.5. The van der Waals surface area contributed by atoms with Crippen molar-refractivity contribution in [3.05, 3.63) is 76.6 Å². The summed E-state index contributed by atoms with van der Waals surface area (Å²) in [5.74, 6) is 2.47. The van der Waals surface area contributed by atoms with Gasteiger partial charge in [0.05, 0.1) is 5.56 Å². The Morgan fingerprint density at radius 2 is 1.48 bits per heavy atom. The lowest BCUT2D eigenvalue weighted by molar-refractivity contribution is -0.0546. The van der Waals surface area contributed by atoms with Crippen molar-refractivity contribution in [1.82, 2.24) is 0 Å². The van der Waals surface area contributed by atoms with Gasteiger partial charge in [0.1, 0.15) is 5.82 Å². The molecule has 0 saturated heterocycles. The molecule has 0 aromatic heterocycles. The van der Waals surface area contributed by atoms with Gasteiger partial charge in [-0.25, -0.2) is 13.2 Å². The van der Waals surface area contributed by atoms with E-state index in [1.54, 1.807) is 18.2 Å². The molecule has 1 fully saturated rings. The number of fused-ring (bicyclic) bond motifs is 1. The standard InChI is InChI=1S/C34H37F5O/c1-2-3-4-5-6-7-23-8-10-24(11-9-23)12-13-25-15-19-29-28(20-25)18-17-27(32(29)37)16-14-26-21-30(35)33(31(36)22-26)40-34(38)39/h15,17-24,34H,2-13H2,1H3. The predicted octanol–water partition coefficient (Wildman–Crippen LogP) is 10.4. The molecule has 0 radical (unpaired) electrons. The van der Waals surface area contributed by atoms with E-state index in [-0.39, 0.29) is 11.1 Å². The number of ether oxygens (including phenoxy) is 1. The summed E-state index contributed by atoms with van der Waals surface area (Å²) in [6.07, 6.45) is 15.6. The highest BCUT2D eigenvalue weighted by Crippen LogP contribution is 2.35. The fourth-order valence-electron chi connectivity index (χ4n) is 5.78. The Balaban J connectivity index is 1.33. The van der Waals surface area contributed by atoms with Gasteiger partial charge in [0.25, 0.3) is 0 Å². The second-order valence-electron chi connectivity index (χ2n) is 11.0. The van der Waals surface area contributed by atoms with E-state index in [0.29, 0.717) is 5.39 Å². The normalized spacial score (nSPS) is 17.2. The fourth-order valence-corrected chi connectivity index (χ4v) is 5.78. The van der Waals surface area contributed by atoms with Crippen molar-refractivity contribution in [3.8, 4) is 17.6 Å². The van der Waals surface area contributed by atoms with Crippen LogP contribution in [0.1, 0.15) is 94.2 Å². The van der Waals surface area contributed by atoms with Gasteiger partial charge in [-0.05, 0) is 53.8 Å². The second kappa shape index (κ2) is 14.5. The SMILES string of the molecule is CCCCCCCC1CCC(CCc2ccc3c(F)c(C#Cc4cc(F)c(OC(F)F)c(F)c4)ccc3c2)CC1. The Morgan fingerprint density at radius 3 is 2.15 bits per heavy atom. The Hall–Kier alpha value is -3.07. The first-order valence-electron chi connectivity index (χ1n) is 14.5. The number of alkyl halides is 2. The predicted molar refractivity (Wildman–Crippen MR) is 150 cm³/mol. The quantitative estimate of drug-likeness (QED) is 0.130. The summed E-state index contributed by atoms with van der Waals surface area (Å²) < 4.78 is 71.6. The van der Waals surface area contributed by atoms with Gasteiger partial charge in [-0.2, -0.15) is 8.78 Å². The molecule has 0 amide bonds. The van der Waals surface area contributed by atoms with Crippen LogP contribution in [0.5, 0.6) is 5.75 Å². The molecule has 1 aliphatic rings. The van der Waals surface area contributed by atoms with Gasteiger partial charge < -0.3 is 4.74 Å². The van der Waals surface area contributed by atoms with Gasteiger partial charge in [0.2, 0.25) is 0 Å². The van der Waals surface area contributed by atoms with E-state index in [9.17, 15) is 17.6 Å². The van der Waals surface area contributed by atoms with Crippen LogP contribution in [0, 0.1) is 41.1 Å². The average Bonchev–Trinajstić information content (AvgIpc) is 2.94. The van der Waals surface area contributed by atoms with E-state index in [2.05, 4.69) is 23.5 Å². The fraction of sp³-hybridized carbons (Fsp3) is 0.471. The number of hydrogen-bond acceptors (Lipinski definition) is 1. The number of halogens is 5. The molecule has 6 heteroatoms. The highest BCUT2D eigenvalue weighted by atomic mass is 19.3. The minimum Gasteiger partial charge on any atom is -0.429 e. The van der Waals surface area contributed by atoms with E-state index in [1.807, 2.05) is 12.1 Å². The van der Waals surface area contributed by atoms with Gasteiger partial charge in [-0.15, -0.1) is 0 Å². The maximum absolute atomic E-state index is 15.2. The molecular formula is C34H37F5O. The number of benzene rings is 3. The van der Waals surface area contributed by atoms with Crippen LogP contribution in [0.3, 0.4) is 0 Å². The molecule has 3 aromatic carbocycles. The molecule has 0 N–H and O–H groups in total. The molecule has 4 rings (SSSR count). The Kier molecular flexibility index (Phi) is 10.9. The average molecular weight is 557 g/mol. The second-order valence-corrected chi connectivity index (χ2v) is 11.0. The van der Waals surface area contributed by atoms with Crippen molar-refractivity contribution < 1.29 is 26.7 Å². The minimum atomic E-state index is -3.36. The number of aryl methyl sites for hydroxylation is 1. The Morgan fingerprint density at radius 1 is 0.800 bits per heavy atom. The highest BCUT2D eigenvalue weighted by molar-refractivity contribution is 5.85. The molecule has 0 atom stereocenters. The molecule has 3 aromatic rings. The first-order chi connectivity index (χ1) is 19.3. The lowest BCUT2D eigenvalue weighted by atomic mass is 9.77. The summed E-state index contributed by atoms with van der Waals surface area (Å²) in [6.45, 7) is -1.10. The van der Waals surface area contributed by atoms with E-state index in [1.165, 1.54) is 69.8 Å². The van der Waals surface area contributed by atoms with Crippen LogP contribution in [0.2, 0.25) is 0 Å². The number of unbranched alkanes of at least 4 members (excludes halogenated alkanes) is 4. The zero-order valence-electron chi connectivity index (χ0n) is 23.1. The molecule has 1 aliphatic carbocycles. The molecule has 1 nitrogen and oxygen atoms in total. The number of rotatable bonds is 11. The highest BCUT2D eigenvalue weighted by Gasteiger charge is 2.21. The van der Waals surface area contributed by atoms with E-state index in [0.717, 1.165) is 42.2 Å². The first kappa shape index (κ1) is 29.9. The van der Waals surface area contributed by atoms with Crippen LogP contribution in [0.25, 0.3) is 10.8 Å². The summed E-state index contributed by atoms with van der Waals surface area (Å²) in [4.78, 5) is 0. The molecule has 0 aliphatic heterocycles. The van der Waals surface area contributed by atoms with Gasteiger partial charge in [-0.1, -0.05) is 107 Å². The summed E-state index contributed by atoms with van der Waals surface area (Å²) in [6, 6.07) is 10.6. The molecule has 214 valence electrons. The van der Waals surface area contributed by atoms with Crippen molar-refractivity contribution in [1.29, 1.82) is 0 Å². The lowest BCUT2D eigenvalue weighted by Crippen LogP contribution is -2.15. The topological polar surface area (TPSA) is 9.23 Å².